The Morgan fingerprint density at radius 3 is 2.36 bits per heavy atom. The molecular weight excluding hydrogens is 418 g/mol. The molecule has 0 radical (unpaired) electrons. The van der Waals surface area contributed by atoms with Gasteiger partial charge in [0.1, 0.15) is 17.4 Å². The van der Waals surface area contributed by atoms with Crippen molar-refractivity contribution in [3.8, 4) is 11.7 Å². The van der Waals surface area contributed by atoms with Crippen molar-refractivity contribution in [2.24, 2.45) is 5.73 Å². The number of ether oxygens (including phenoxy) is 1. The molecule has 168 valence electrons. The molecule has 2 heterocycles. The molecule has 4 rings (SSSR count). The highest BCUT2D eigenvalue weighted by molar-refractivity contribution is 5.94. The van der Waals surface area contributed by atoms with Gasteiger partial charge in [-0.3, -0.25) is 10.4 Å². The summed E-state index contributed by atoms with van der Waals surface area (Å²) in [5.41, 5.74) is 9.85. The van der Waals surface area contributed by atoms with Crippen molar-refractivity contribution in [3.05, 3.63) is 99.0 Å². The van der Waals surface area contributed by atoms with Gasteiger partial charge in [-0.2, -0.15) is 0 Å². The Morgan fingerprint density at radius 2 is 1.79 bits per heavy atom. The van der Waals surface area contributed by atoms with Gasteiger partial charge in [0.25, 0.3) is 5.95 Å². The molecule has 0 aliphatic rings. The third kappa shape index (κ3) is 4.52. The van der Waals surface area contributed by atoms with Crippen LogP contribution in [-0.4, -0.2) is 37.7 Å². The largest absolute Gasteiger partial charge is 0.496 e. The number of H-pyrrole nitrogens is 1. The van der Waals surface area contributed by atoms with Crippen LogP contribution in [0.25, 0.3) is 5.95 Å². The topological polar surface area (TPSA) is 136 Å². The number of amidine groups is 1. The van der Waals surface area contributed by atoms with Crippen molar-refractivity contribution in [1.82, 2.24) is 24.7 Å². The highest BCUT2D eigenvalue weighted by Gasteiger charge is 2.23. The summed E-state index contributed by atoms with van der Waals surface area (Å²) in [6, 6.07) is 13.3. The van der Waals surface area contributed by atoms with Gasteiger partial charge in [-0.15, -0.1) is 9.78 Å². The molecule has 0 aliphatic carbocycles. The lowest BCUT2D eigenvalue weighted by Crippen LogP contribution is -2.18. The van der Waals surface area contributed by atoms with Gasteiger partial charge in [0.2, 0.25) is 0 Å². The Morgan fingerprint density at radius 1 is 1.15 bits per heavy atom. The zero-order chi connectivity index (χ0) is 23.5. The molecule has 33 heavy (non-hydrogen) atoms. The molecule has 9 heteroatoms. The van der Waals surface area contributed by atoms with Crippen molar-refractivity contribution in [2.75, 3.05) is 7.11 Å². The number of benzene rings is 2. The van der Waals surface area contributed by atoms with E-state index in [1.165, 1.54) is 4.68 Å². The molecule has 0 amide bonds. The van der Waals surface area contributed by atoms with Crippen molar-refractivity contribution in [3.63, 3.8) is 0 Å². The average molecular weight is 444 g/mol. The molecule has 4 aromatic rings. The Kier molecular flexibility index (Phi) is 6.03. The van der Waals surface area contributed by atoms with Crippen LogP contribution in [0.1, 0.15) is 39.6 Å². The fourth-order valence-corrected chi connectivity index (χ4v) is 3.97. The Bertz CT molecular complexity index is 1320. The fraction of sp³-hybridized carbons (Fsp3) is 0.208. The highest BCUT2D eigenvalue weighted by Crippen LogP contribution is 2.32. The third-order valence-electron chi connectivity index (χ3n) is 5.50. The first-order valence-corrected chi connectivity index (χ1v) is 10.4. The lowest BCUT2D eigenvalue weighted by molar-refractivity contribution is 0.408. The maximum absolute atomic E-state index is 12.7. The van der Waals surface area contributed by atoms with Crippen LogP contribution in [0.15, 0.2) is 59.7 Å². The molecule has 2 aromatic heterocycles. The van der Waals surface area contributed by atoms with E-state index >= 15 is 0 Å². The summed E-state index contributed by atoms with van der Waals surface area (Å²) in [4.78, 5) is 23.9. The smallest absolute Gasteiger partial charge is 0.350 e. The van der Waals surface area contributed by atoms with E-state index in [4.69, 9.17) is 15.9 Å². The molecule has 0 saturated carbocycles. The first-order valence-electron chi connectivity index (χ1n) is 10.4. The van der Waals surface area contributed by atoms with Gasteiger partial charge in [-0.25, -0.2) is 14.8 Å². The molecule has 0 spiro atoms. The minimum absolute atomic E-state index is 0.0189. The Labute approximate surface area is 190 Å². The van der Waals surface area contributed by atoms with Gasteiger partial charge in [-0.1, -0.05) is 36.4 Å². The third-order valence-corrected chi connectivity index (χ3v) is 5.50. The van der Waals surface area contributed by atoms with Crippen LogP contribution in [0.3, 0.4) is 0 Å². The monoisotopic (exact) mass is 443 g/mol. The van der Waals surface area contributed by atoms with Gasteiger partial charge in [0.15, 0.2) is 0 Å². The van der Waals surface area contributed by atoms with Crippen LogP contribution in [-0.2, 0) is 6.42 Å². The molecule has 9 nitrogen and oxygen atoms in total. The molecular formula is C24H25N7O2. The van der Waals surface area contributed by atoms with Crippen LogP contribution in [0.4, 0.5) is 0 Å². The van der Waals surface area contributed by atoms with E-state index in [0.29, 0.717) is 17.8 Å². The summed E-state index contributed by atoms with van der Waals surface area (Å²) < 4.78 is 6.70. The number of aromatic amines is 1. The quantitative estimate of drug-likeness (QED) is 0.297. The summed E-state index contributed by atoms with van der Waals surface area (Å²) in [5.74, 6) is 1.32. The lowest BCUT2D eigenvalue weighted by atomic mass is 9.88. The number of hydrogen-bond acceptors (Lipinski definition) is 6. The minimum Gasteiger partial charge on any atom is -0.496 e. The summed E-state index contributed by atoms with van der Waals surface area (Å²) in [5, 5.41) is 12.2. The van der Waals surface area contributed by atoms with Crippen LogP contribution in [0.5, 0.6) is 5.75 Å². The number of methoxy groups -OCH3 is 1. The predicted octanol–water partition coefficient (Wildman–Crippen LogP) is 2.63. The van der Waals surface area contributed by atoms with E-state index < -0.39 is 5.69 Å². The standard InChI is InChI=1S/C24H25N7O2/c1-14-11-18(12-15(2)20(14)33-3)19(13-16-5-7-17(8-6-16)21(25)26)22-29-24(32)31(30-22)23-27-9-4-10-28-23/h4-12,19H,13H2,1-3H3,(H3,25,26)(H,29,30,32). The maximum Gasteiger partial charge on any atom is 0.350 e. The lowest BCUT2D eigenvalue weighted by Gasteiger charge is -2.18. The molecule has 0 bridgehead atoms. The number of aromatic nitrogens is 5. The predicted molar refractivity (Wildman–Crippen MR) is 125 cm³/mol. The number of rotatable bonds is 7. The van der Waals surface area contributed by atoms with Gasteiger partial charge in [0.05, 0.1) is 7.11 Å². The summed E-state index contributed by atoms with van der Waals surface area (Å²) in [6.07, 6.45) is 3.70. The van der Waals surface area contributed by atoms with Crippen molar-refractivity contribution in [1.29, 1.82) is 5.41 Å². The van der Waals surface area contributed by atoms with E-state index in [1.807, 2.05) is 38.1 Å². The highest BCUT2D eigenvalue weighted by atomic mass is 16.5. The molecule has 4 N–H and O–H groups in total. The zero-order valence-corrected chi connectivity index (χ0v) is 18.7. The fourth-order valence-electron chi connectivity index (χ4n) is 3.97. The molecule has 1 atom stereocenters. The molecule has 2 aromatic carbocycles. The van der Waals surface area contributed by atoms with Crippen molar-refractivity contribution >= 4 is 5.84 Å². The second-order valence-corrected chi connectivity index (χ2v) is 7.83. The number of nitrogen functional groups attached to an aromatic ring is 1. The normalized spacial score (nSPS) is 11.8. The molecule has 0 fully saturated rings. The van der Waals surface area contributed by atoms with Gasteiger partial charge in [0, 0.05) is 23.9 Å². The number of nitrogens with two attached hydrogens (primary N) is 1. The summed E-state index contributed by atoms with van der Waals surface area (Å²) >= 11 is 0. The molecule has 0 aliphatic heterocycles. The molecule has 1 unspecified atom stereocenters. The maximum atomic E-state index is 12.7. The van der Waals surface area contributed by atoms with Crippen molar-refractivity contribution < 1.29 is 4.74 Å². The number of hydrogen-bond donors (Lipinski definition) is 3. The zero-order valence-electron chi connectivity index (χ0n) is 18.7. The number of nitrogens with one attached hydrogen (secondary N) is 2. The Balaban J connectivity index is 1.80. The second-order valence-electron chi connectivity index (χ2n) is 7.83. The summed E-state index contributed by atoms with van der Waals surface area (Å²) in [6.45, 7) is 3.99. The van der Waals surface area contributed by atoms with E-state index in [2.05, 4.69) is 32.2 Å². The van der Waals surface area contributed by atoms with Gasteiger partial charge < -0.3 is 10.5 Å². The van der Waals surface area contributed by atoms with E-state index in [0.717, 1.165) is 28.0 Å². The molecule has 0 saturated heterocycles. The van der Waals surface area contributed by atoms with Crippen LogP contribution >= 0.6 is 0 Å². The minimum atomic E-state index is -0.407. The number of aryl methyl sites for hydroxylation is 2. The first-order chi connectivity index (χ1) is 15.9. The second kappa shape index (κ2) is 9.07. The van der Waals surface area contributed by atoms with Crippen LogP contribution < -0.4 is 16.2 Å². The van der Waals surface area contributed by atoms with Crippen LogP contribution in [0, 0.1) is 19.3 Å². The van der Waals surface area contributed by atoms with Gasteiger partial charge in [-0.05, 0) is 48.6 Å². The van der Waals surface area contributed by atoms with E-state index in [1.54, 1.807) is 25.6 Å². The van der Waals surface area contributed by atoms with Crippen LogP contribution in [0.2, 0.25) is 0 Å². The SMILES string of the molecule is COc1c(C)cc(C(Cc2ccc(C(=N)N)cc2)c2nn(-c3ncccn3)c(=O)[nH]2)cc1C. The Hall–Kier alpha value is -4.27. The summed E-state index contributed by atoms with van der Waals surface area (Å²) in [7, 11) is 1.65. The average Bonchev–Trinajstić information content (AvgIpc) is 3.19. The first kappa shape index (κ1) is 21.9. The van der Waals surface area contributed by atoms with Crippen molar-refractivity contribution in [2.45, 2.75) is 26.2 Å². The van der Waals surface area contributed by atoms with E-state index in [-0.39, 0.29) is 17.7 Å². The van der Waals surface area contributed by atoms with E-state index in [9.17, 15) is 4.79 Å². The number of nitrogens with zero attached hydrogens (tertiary/aromatic N) is 4. The van der Waals surface area contributed by atoms with Gasteiger partial charge >= 0.3 is 5.69 Å².